The van der Waals surface area contributed by atoms with E-state index in [1.807, 2.05) is 13.0 Å². The van der Waals surface area contributed by atoms with Crippen molar-refractivity contribution >= 4 is 5.95 Å². The molecule has 1 aliphatic heterocycles. The van der Waals surface area contributed by atoms with Crippen molar-refractivity contribution < 1.29 is 4.52 Å². The van der Waals surface area contributed by atoms with Gasteiger partial charge in [-0.15, -0.1) is 5.10 Å². The van der Waals surface area contributed by atoms with E-state index in [0.717, 1.165) is 25.3 Å². The van der Waals surface area contributed by atoms with Crippen molar-refractivity contribution in [1.82, 2.24) is 20.3 Å². The van der Waals surface area contributed by atoms with Gasteiger partial charge in [-0.3, -0.25) is 5.10 Å². The molecule has 17 heavy (non-hydrogen) atoms. The van der Waals surface area contributed by atoms with Crippen molar-refractivity contribution in [2.45, 2.75) is 19.4 Å². The summed E-state index contributed by atoms with van der Waals surface area (Å²) in [6.45, 7) is 3.54. The van der Waals surface area contributed by atoms with Gasteiger partial charge in [0.2, 0.25) is 5.95 Å². The van der Waals surface area contributed by atoms with Gasteiger partial charge in [-0.1, -0.05) is 5.16 Å². The third-order valence-electron chi connectivity index (χ3n) is 2.85. The van der Waals surface area contributed by atoms with Crippen LogP contribution in [0.1, 0.15) is 12.2 Å². The molecule has 0 bridgehead atoms. The van der Waals surface area contributed by atoms with E-state index >= 15 is 0 Å². The lowest BCUT2D eigenvalue weighted by Crippen LogP contribution is -2.26. The van der Waals surface area contributed by atoms with Crippen LogP contribution in [0.2, 0.25) is 0 Å². The lowest BCUT2D eigenvalue weighted by molar-refractivity contribution is 0.399. The second kappa shape index (κ2) is 3.85. The fourth-order valence-electron chi connectivity index (χ4n) is 1.96. The van der Waals surface area contributed by atoms with Gasteiger partial charge in [-0.05, 0) is 13.3 Å². The second-order valence-electron chi connectivity index (χ2n) is 4.30. The van der Waals surface area contributed by atoms with E-state index in [-0.39, 0.29) is 6.04 Å². The van der Waals surface area contributed by atoms with Crippen LogP contribution in [0.4, 0.5) is 5.95 Å². The van der Waals surface area contributed by atoms with Crippen LogP contribution in [-0.4, -0.2) is 39.5 Å². The molecule has 3 heterocycles. The Balaban J connectivity index is 1.83. The van der Waals surface area contributed by atoms with E-state index in [2.05, 4.69) is 25.2 Å². The first kappa shape index (κ1) is 10.3. The summed E-state index contributed by atoms with van der Waals surface area (Å²) < 4.78 is 5.00. The van der Waals surface area contributed by atoms with E-state index in [9.17, 15) is 0 Å². The smallest absolute Gasteiger partial charge is 0.245 e. The monoisotopic (exact) mass is 234 g/mol. The Morgan fingerprint density at radius 1 is 1.59 bits per heavy atom. The third kappa shape index (κ3) is 1.89. The zero-order valence-corrected chi connectivity index (χ0v) is 9.55. The van der Waals surface area contributed by atoms with Gasteiger partial charge in [0, 0.05) is 25.2 Å². The summed E-state index contributed by atoms with van der Waals surface area (Å²) in [6, 6.07) is 2.03. The molecule has 0 radical (unpaired) electrons. The normalized spacial score (nSPS) is 20.1. The SMILES string of the molecule is Cc1cc(-c2nc(N3CCC(N)C3)n[nH]2)no1. The number of nitrogens with one attached hydrogen (secondary N) is 1. The van der Waals surface area contributed by atoms with Crippen LogP contribution in [0.15, 0.2) is 10.6 Å². The number of aromatic amines is 1. The molecule has 7 nitrogen and oxygen atoms in total. The van der Waals surface area contributed by atoms with E-state index in [1.54, 1.807) is 0 Å². The molecule has 3 N–H and O–H groups in total. The predicted molar refractivity (Wildman–Crippen MR) is 61.4 cm³/mol. The Morgan fingerprint density at radius 3 is 3.12 bits per heavy atom. The van der Waals surface area contributed by atoms with Gasteiger partial charge in [0.05, 0.1) is 0 Å². The van der Waals surface area contributed by atoms with Crippen LogP contribution in [0, 0.1) is 6.92 Å². The fraction of sp³-hybridized carbons (Fsp3) is 0.500. The largest absolute Gasteiger partial charge is 0.361 e. The second-order valence-corrected chi connectivity index (χ2v) is 4.30. The average molecular weight is 234 g/mol. The maximum absolute atomic E-state index is 5.85. The fourth-order valence-corrected chi connectivity index (χ4v) is 1.96. The van der Waals surface area contributed by atoms with Crippen molar-refractivity contribution in [3.05, 3.63) is 11.8 Å². The molecular weight excluding hydrogens is 220 g/mol. The number of H-pyrrole nitrogens is 1. The van der Waals surface area contributed by atoms with Crippen LogP contribution in [0.25, 0.3) is 11.5 Å². The summed E-state index contributed by atoms with van der Waals surface area (Å²) >= 11 is 0. The number of rotatable bonds is 2. The van der Waals surface area contributed by atoms with Gasteiger partial charge in [0.15, 0.2) is 11.5 Å². The minimum atomic E-state index is 0.214. The first-order valence-electron chi connectivity index (χ1n) is 5.59. The Bertz CT molecular complexity index is 518. The summed E-state index contributed by atoms with van der Waals surface area (Å²) in [5.74, 6) is 2.05. The molecule has 1 unspecified atom stereocenters. The van der Waals surface area contributed by atoms with Gasteiger partial charge in [0.25, 0.3) is 0 Å². The summed E-state index contributed by atoms with van der Waals surface area (Å²) in [5, 5.41) is 10.9. The Labute approximate surface area is 98.0 Å². The summed E-state index contributed by atoms with van der Waals surface area (Å²) in [7, 11) is 0. The number of nitrogens with two attached hydrogens (primary N) is 1. The molecule has 0 amide bonds. The molecule has 2 aromatic heterocycles. The Hall–Kier alpha value is -1.89. The molecule has 0 aromatic carbocycles. The topological polar surface area (TPSA) is 96.9 Å². The predicted octanol–water partition coefficient (Wildman–Crippen LogP) is 0.306. The Kier molecular flexibility index (Phi) is 2.32. The highest BCUT2D eigenvalue weighted by Crippen LogP contribution is 2.19. The van der Waals surface area contributed by atoms with Crippen LogP contribution < -0.4 is 10.6 Å². The molecule has 1 atom stereocenters. The van der Waals surface area contributed by atoms with Gasteiger partial charge in [-0.2, -0.15) is 4.98 Å². The highest BCUT2D eigenvalue weighted by atomic mass is 16.5. The molecule has 0 spiro atoms. The maximum atomic E-state index is 5.85. The standard InChI is InChI=1S/C10H14N6O/c1-6-4-8(15-17-6)9-12-10(14-13-9)16-3-2-7(11)5-16/h4,7H,2-3,5,11H2,1H3,(H,12,13,14). The van der Waals surface area contributed by atoms with Crippen molar-refractivity contribution in [2.75, 3.05) is 18.0 Å². The van der Waals surface area contributed by atoms with Crippen molar-refractivity contribution in [3.8, 4) is 11.5 Å². The molecule has 3 rings (SSSR count). The Morgan fingerprint density at radius 2 is 2.47 bits per heavy atom. The molecule has 7 heteroatoms. The molecule has 1 fully saturated rings. The van der Waals surface area contributed by atoms with Crippen molar-refractivity contribution in [3.63, 3.8) is 0 Å². The molecule has 2 aromatic rings. The van der Waals surface area contributed by atoms with Crippen LogP contribution in [0.5, 0.6) is 0 Å². The van der Waals surface area contributed by atoms with Crippen molar-refractivity contribution in [2.24, 2.45) is 5.73 Å². The van der Waals surface area contributed by atoms with E-state index in [1.165, 1.54) is 0 Å². The first-order valence-corrected chi connectivity index (χ1v) is 5.59. The molecular formula is C10H14N6O. The minimum absolute atomic E-state index is 0.214. The minimum Gasteiger partial charge on any atom is -0.361 e. The summed E-state index contributed by atoms with van der Waals surface area (Å²) in [6.07, 6.45) is 0.979. The van der Waals surface area contributed by atoms with E-state index in [4.69, 9.17) is 10.3 Å². The number of aromatic nitrogens is 4. The lowest BCUT2D eigenvalue weighted by atomic mass is 10.3. The average Bonchev–Trinajstić information content (AvgIpc) is 2.96. The van der Waals surface area contributed by atoms with Crippen LogP contribution in [0.3, 0.4) is 0 Å². The first-order chi connectivity index (χ1) is 8.22. The van der Waals surface area contributed by atoms with Gasteiger partial charge in [-0.25, -0.2) is 0 Å². The van der Waals surface area contributed by atoms with Gasteiger partial charge in [0.1, 0.15) is 5.76 Å². The third-order valence-corrected chi connectivity index (χ3v) is 2.85. The quantitative estimate of drug-likeness (QED) is 0.776. The lowest BCUT2D eigenvalue weighted by Gasteiger charge is -2.11. The molecule has 0 aliphatic carbocycles. The summed E-state index contributed by atoms with van der Waals surface area (Å²) in [5.41, 5.74) is 6.52. The zero-order valence-electron chi connectivity index (χ0n) is 9.55. The van der Waals surface area contributed by atoms with Crippen molar-refractivity contribution in [1.29, 1.82) is 0 Å². The van der Waals surface area contributed by atoms with Gasteiger partial charge < -0.3 is 15.2 Å². The number of aryl methyl sites for hydroxylation is 1. The molecule has 0 saturated carbocycles. The molecule has 1 saturated heterocycles. The van der Waals surface area contributed by atoms with Crippen LogP contribution >= 0.6 is 0 Å². The number of nitrogens with zero attached hydrogens (tertiary/aromatic N) is 4. The highest BCUT2D eigenvalue weighted by Gasteiger charge is 2.23. The van der Waals surface area contributed by atoms with E-state index < -0.39 is 0 Å². The van der Waals surface area contributed by atoms with E-state index in [0.29, 0.717) is 17.5 Å². The molecule has 90 valence electrons. The van der Waals surface area contributed by atoms with Gasteiger partial charge >= 0.3 is 0 Å². The van der Waals surface area contributed by atoms with Crippen LogP contribution in [-0.2, 0) is 0 Å². The number of hydrogen-bond donors (Lipinski definition) is 2. The maximum Gasteiger partial charge on any atom is 0.245 e. The highest BCUT2D eigenvalue weighted by molar-refractivity contribution is 5.51. The molecule has 1 aliphatic rings. The number of hydrogen-bond acceptors (Lipinski definition) is 6. The summed E-state index contributed by atoms with van der Waals surface area (Å²) in [4.78, 5) is 6.46. The zero-order chi connectivity index (χ0) is 11.8. The number of anilines is 1.